The first-order chi connectivity index (χ1) is 14.8. The summed E-state index contributed by atoms with van der Waals surface area (Å²) in [5, 5.41) is 16.8. The summed E-state index contributed by atoms with van der Waals surface area (Å²) in [7, 11) is 0. The van der Waals surface area contributed by atoms with Gasteiger partial charge in [0.15, 0.2) is 0 Å². The standard InChI is InChI=1S/C24H25N5S/c25-13-21-27-23(22-20(14-30-24(22)28-21)15-5-2-1-3-6-15)29-18-9-10-19(29)12-17(11-18)26-16-7-4-8-16/h1-3,5-6,14,16-19,26H,4,7-12H2. The zero-order valence-corrected chi connectivity index (χ0v) is 17.7. The number of aromatic nitrogens is 2. The lowest BCUT2D eigenvalue weighted by molar-refractivity contribution is 0.260. The van der Waals surface area contributed by atoms with Crippen molar-refractivity contribution in [3.8, 4) is 17.2 Å². The summed E-state index contributed by atoms with van der Waals surface area (Å²) in [6.07, 6.45) is 8.82. The lowest BCUT2D eigenvalue weighted by Gasteiger charge is -2.42. The minimum Gasteiger partial charge on any atom is -0.350 e. The molecule has 1 aromatic carbocycles. The van der Waals surface area contributed by atoms with E-state index in [4.69, 9.17) is 4.98 Å². The number of fused-ring (bicyclic) bond motifs is 3. The number of thiophene rings is 1. The van der Waals surface area contributed by atoms with Crippen LogP contribution in [0.4, 0.5) is 5.82 Å². The lowest BCUT2D eigenvalue weighted by Crippen LogP contribution is -2.53. The molecule has 1 aliphatic carbocycles. The Bertz CT molecular complexity index is 1100. The molecule has 2 bridgehead atoms. The molecule has 6 rings (SSSR count). The summed E-state index contributed by atoms with van der Waals surface area (Å²) in [6.45, 7) is 0. The normalized spacial score (nSPS) is 26.0. The van der Waals surface area contributed by atoms with E-state index in [1.165, 1.54) is 56.1 Å². The van der Waals surface area contributed by atoms with Crippen molar-refractivity contribution < 1.29 is 0 Å². The van der Waals surface area contributed by atoms with Crippen LogP contribution < -0.4 is 10.2 Å². The monoisotopic (exact) mass is 415 g/mol. The summed E-state index contributed by atoms with van der Waals surface area (Å²) in [5.74, 6) is 1.26. The minimum absolute atomic E-state index is 0.285. The Morgan fingerprint density at radius 1 is 1.00 bits per heavy atom. The summed E-state index contributed by atoms with van der Waals surface area (Å²) in [6, 6.07) is 15.0. The van der Waals surface area contributed by atoms with Crippen molar-refractivity contribution in [1.82, 2.24) is 15.3 Å². The predicted molar refractivity (Wildman–Crippen MR) is 121 cm³/mol. The van der Waals surface area contributed by atoms with Crippen LogP contribution in [0.5, 0.6) is 0 Å². The maximum Gasteiger partial charge on any atom is 0.235 e. The molecule has 0 radical (unpaired) electrons. The molecule has 2 aliphatic heterocycles. The minimum atomic E-state index is 0.285. The number of hydrogen-bond acceptors (Lipinski definition) is 6. The fourth-order valence-electron chi connectivity index (χ4n) is 5.56. The second kappa shape index (κ2) is 7.33. The molecule has 2 aromatic heterocycles. The van der Waals surface area contributed by atoms with Gasteiger partial charge in [0.2, 0.25) is 5.82 Å². The van der Waals surface area contributed by atoms with Gasteiger partial charge in [-0.3, -0.25) is 0 Å². The van der Waals surface area contributed by atoms with Crippen LogP contribution >= 0.6 is 11.3 Å². The van der Waals surface area contributed by atoms with Gasteiger partial charge in [-0.15, -0.1) is 11.3 Å². The number of nitriles is 1. The smallest absolute Gasteiger partial charge is 0.235 e. The molecule has 0 spiro atoms. The zero-order chi connectivity index (χ0) is 20.1. The Kier molecular flexibility index (Phi) is 4.47. The van der Waals surface area contributed by atoms with E-state index >= 15 is 0 Å². The summed E-state index contributed by atoms with van der Waals surface area (Å²) >= 11 is 1.62. The van der Waals surface area contributed by atoms with Crippen LogP contribution in [0.15, 0.2) is 35.7 Å². The average molecular weight is 416 g/mol. The molecule has 1 N–H and O–H groups in total. The highest BCUT2D eigenvalue weighted by Crippen LogP contribution is 2.45. The number of nitrogens with one attached hydrogen (secondary N) is 1. The number of rotatable bonds is 4. The van der Waals surface area contributed by atoms with E-state index in [0.717, 1.165) is 22.1 Å². The number of benzene rings is 1. The fraction of sp³-hybridized carbons (Fsp3) is 0.458. The predicted octanol–water partition coefficient (Wildman–Crippen LogP) is 4.87. The molecule has 0 amide bonds. The van der Waals surface area contributed by atoms with Crippen LogP contribution in [-0.4, -0.2) is 34.1 Å². The van der Waals surface area contributed by atoms with Crippen molar-refractivity contribution in [3.05, 3.63) is 41.5 Å². The molecule has 2 unspecified atom stereocenters. The summed E-state index contributed by atoms with van der Waals surface area (Å²) < 4.78 is 0. The Labute approximate surface area is 180 Å². The van der Waals surface area contributed by atoms with Crippen molar-refractivity contribution in [1.29, 1.82) is 5.26 Å². The summed E-state index contributed by atoms with van der Waals surface area (Å²) in [4.78, 5) is 12.8. The SMILES string of the molecule is N#Cc1nc(N2C3CCC2CC(NC2CCC2)C3)c2c(-c3ccccc3)csc2n1. The molecule has 2 saturated heterocycles. The van der Waals surface area contributed by atoms with Crippen LogP contribution in [0.25, 0.3) is 21.3 Å². The Morgan fingerprint density at radius 3 is 2.43 bits per heavy atom. The topological polar surface area (TPSA) is 64.8 Å². The first kappa shape index (κ1) is 18.3. The van der Waals surface area contributed by atoms with Crippen LogP contribution in [0.3, 0.4) is 0 Å². The largest absolute Gasteiger partial charge is 0.350 e. The first-order valence-electron chi connectivity index (χ1n) is 11.1. The molecule has 4 heterocycles. The van der Waals surface area contributed by atoms with Gasteiger partial charge in [-0.1, -0.05) is 36.8 Å². The van der Waals surface area contributed by atoms with E-state index in [1.54, 1.807) is 11.3 Å². The first-order valence-corrected chi connectivity index (χ1v) is 12.0. The van der Waals surface area contributed by atoms with E-state index in [1.807, 2.05) is 6.07 Å². The van der Waals surface area contributed by atoms with E-state index < -0.39 is 0 Å². The van der Waals surface area contributed by atoms with Crippen molar-refractivity contribution in [3.63, 3.8) is 0 Å². The quantitative estimate of drug-likeness (QED) is 0.658. The van der Waals surface area contributed by atoms with Gasteiger partial charge in [0.1, 0.15) is 16.7 Å². The third-order valence-corrected chi connectivity index (χ3v) is 8.03. The molecule has 30 heavy (non-hydrogen) atoms. The Hall–Kier alpha value is -2.49. The van der Waals surface area contributed by atoms with Gasteiger partial charge in [-0.25, -0.2) is 9.97 Å². The Balaban J connectivity index is 1.41. The molecule has 152 valence electrons. The van der Waals surface area contributed by atoms with Gasteiger partial charge in [0.25, 0.3) is 0 Å². The lowest BCUT2D eigenvalue weighted by atomic mass is 9.89. The average Bonchev–Trinajstić information content (AvgIpc) is 3.29. The molecule has 3 aromatic rings. The van der Waals surface area contributed by atoms with Gasteiger partial charge < -0.3 is 10.2 Å². The molecule has 2 atom stereocenters. The Morgan fingerprint density at radius 2 is 1.77 bits per heavy atom. The van der Waals surface area contributed by atoms with Crippen molar-refractivity contribution >= 4 is 27.4 Å². The molecule has 3 fully saturated rings. The number of piperidine rings is 1. The molecule has 3 aliphatic rings. The zero-order valence-electron chi connectivity index (χ0n) is 16.9. The molecular formula is C24H25N5S. The fourth-order valence-corrected chi connectivity index (χ4v) is 6.50. The second-order valence-electron chi connectivity index (χ2n) is 8.93. The highest BCUT2D eigenvalue weighted by Gasteiger charge is 2.43. The van der Waals surface area contributed by atoms with Gasteiger partial charge in [0, 0.05) is 35.1 Å². The molecule has 5 nitrogen and oxygen atoms in total. The van der Waals surface area contributed by atoms with Gasteiger partial charge in [0.05, 0.1) is 5.39 Å². The third kappa shape index (κ3) is 3.00. The van der Waals surface area contributed by atoms with Gasteiger partial charge >= 0.3 is 0 Å². The molecular weight excluding hydrogens is 390 g/mol. The van der Waals surface area contributed by atoms with Crippen molar-refractivity contribution in [2.45, 2.75) is 69.1 Å². The van der Waals surface area contributed by atoms with E-state index in [9.17, 15) is 5.26 Å². The van der Waals surface area contributed by atoms with Crippen molar-refractivity contribution in [2.24, 2.45) is 0 Å². The van der Waals surface area contributed by atoms with Gasteiger partial charge in [-0.2, -0.15) is 5.26 Å². The van der Waals surface area contributed by atoms with Crippen LogP contribution in [0, 0.1) is 11.3 Å². The van der Waals surface area contributed by atoms with E-state index in [0.29, 0.717) is 18.1 Å². The second-order valence-corrected chi connectivity index (χ2v) is 9.79. The highest BCUT2D eigenvalue weighted by molar-refractivity contribution is 7.17. The number of hydrogen-bond donors (Lipinski definition) is 1. The molecule has 1 saturated carbocycles. The van der Waals surface area contributed by atoms with Crippen LogP contribution in [-0.2, 0) is 0 Å². The van der Waals surface area contributed by atoms with E-state index in [-0.39, 0.29) is 5.82 Å². The van der Waals surface area contributed by atoms with E-state index in [2.05, 4.69) is 50.9 Å². The maximum absolute atomic E-state index is 9.57. The summed E-state index contributed by atoms with van der Waals surface area (Å²) in [5.41, 5.74) is 2.37. The van der Waals surface area contributed by atoms with Crippen LogP contribution in [0.1, 0.15) is 50.8 Å². The number of anilines is 1. The molecule has 6 heteroatoms. The van der Waals surface area contributed by atoms with Crippen molar-refractivity contribution in [2.75, 3.05) is 4.90 Å². The highest BCUT2D eigenvalue weighted by atomic mass is 32.1. The van der Waals surface area contributed by atoms with Gasteiger partial charge in [-0.05, 0) is 44.1 Å². The van der Waals surface area contributed by atoms with Crippen LogP contribution in [0.2, 0.25) is 0 Å². The number of nitrogens with zero attached hydrogens (tertiary/aromatic N) is 4. The third-order valence-electron chi connectivity index (χ3n) is 7.15. The maximum atomic E-state index is 9.57.